The van der Waals surface area contributed by atoms with E-state index >= 15 is 0 Å². The lowest BCUT2D eigenvalue weighted by Crippen LogP contribution is -2.41. The lowest BCUT2D eigenvalue weighted by atomic mass is 9.96. The molecule has 0 radical (unpaired) electrons. The number of likely N-dealkylation sites (tertiary alicyclic amines) is 1. The van der Waals surface area contributed by atoms with Crippen molar-refractivity contribution in [2.24, 2.45) is 11.7 Å². The zero-order chi connectivity index (χ0) is 10.8. The summed E-state index contributed by atoms with van der Waals surface area (Å²) in [6, 6.07) is 0.423. The minimum atomic E-state index is 0.320. The molecule has 84 valence electrons. The van der Waals surface area contributed by atoms with Crippen molar-refractivity contribution in [3.05, 3.63) is 0 Å². The van der Waals surface area contributed by atoms with Crippen molar-refractivity contribution in [1.29, 1.82) is 0 Å². The van der Waals surface area contributed by atoms with Crippen LogP contribution >= 0.6 is 0 Å². The first-order chi connectivity index (χ1) is 6.45. The number of hydrogen-bond donors (Lipinski definition) is 1. The number of rotatable bonds is 3. The van der Waals surface area contributed by atoms with E-state index in [0.717, 1.165) is 5.92 Å². The van der Waals surface area contributed by atoms with E-state index in [1.54, 1.807) is 0 Å². The first-order valence-corrected chi connectivity index (χ1v) is 5.95. The predicted octanol–water partition coefficient (Wildman–Crippen LogP) is 2.23. The van der Waals surface area contributed by atoms with Gasteiger partial charge in [0.05, 0.1) is 0 Å². The highest BCUT2D eigenvalue weighted by atomic mass is 15.2. The van der Waals surface area contributed by atoms with Crippen LogP contribution in [0.15, 0.2) is 0 Å². The fourth-order valence-electron chi connectivity index (χ4n) is 2.32. The maximum absolute atomic E-state index is 6.17. The fraction of sp³-hybridized carbons (Fsp3) is 1.00. The van der Waals surface area contributed by atoms with Crippen LogP contribution in [0.1, 0.15) is 47.0 Å². The molecule has 0 unspecified atom stereocenters. The van der Waals surface area contributed by atoms with Gasteiger partial charge in [-0.05, 0) is 46.1 Å². The van der Waals surface area contributed by atoms with Gasteiger partial charge in [-0.3, -0.25) is 4.90 Å². The van der Waals surface area contributed by atoms with Crippen molar-refractivity contribution in [3.63, 3.8) is 0 Å². The molecule has 1 heterocycles. The van der Waals surface area contributed by atoms with E-state index in [1.807, 2.05) is 0 Å². The highest BCUT2D eigenvalue weighted by molar-refractivity contribution is 4.88. The normalized spacial score (nSPS) is 26.8. The zero-order valence-electron chi connectivity index (χ0n) is 10.2. The van der Waals surface area contributed by atoms with Crippen LogP contribution in [-0.2, 0) is 0 Å². The molecule has 0 bridgehead atoms. The molecular formula is C12H26N2. The van der Waals surface area contributed by atoms with Gasteiger partial charge in [0.1, 0.15) is 0 Å². The van der Waals surface area contributed by atoms with Gasteiger partial charge in [0.15, 0.2) is 0 Å². The Morgan fingerprint density at radius 2 is 2.07 bits per heavy atom. The molecule has 1 fully saturated rings. The van der Waals surface area contributed by atoms with Crippen molar-refractivity contribution in [2.45, 2.75) is 58.5 Å². The molecule has 1 rings (SSSR count). The van der Waals surface area contributed by atoms with Crippen molar-refractivity contribution < 1.29 is 0 Å². The van der Waals surface area contributed by atoms with Crippen molar-refractivity contribution in [2.75, 3.05) is 13.1 Å². The third kappa shape index (κ3) is 2.96. The summed E-state index contributed by atoms with van der Waals surface area (Å²) in [5.41, 5.74) is 6.49. The lowest BCUT2D eigenvalue weighted by molar-refractivity contribution is 0.165. The molecule has 0 spiro atoms. The molecule has 2 nitrogen and oxygen atoms in total. The Kier molecular flexibility index (Phi) is 3.96. The molecule has 14 heavy (non-hydrogen) atoms. The lowest BCUT2D eigenvalue weighted by Gasteiger charge is -2.32. The van der Waals surface area contributed by atoms with Gasteiger partial charge in [-0.2, -0.15) is 0 Å². The van der Waals surface area contributed by atoms with E-state index in [-0.39, 0.29) is 0 Å². The summed E-state index contributed by atoms with van der Waals surface area (Å²) in [5, 5.41) is 0. The standard InChI is InChI=1S/C12H26N2/c1-5-6-11(13)10-7-8-14(9-10)12(2,3)4/h10-11H,5-9,13H2,1-4H3/t10-,11-/m1/s1. The molecule has 1 aliphatic heterocycles. The highest BCUT2D eigenvalue weighted by Gasteiger charge is 2.32. The summed E-state index contributed by atoms with van der Waals surface area (Å²) in [6.45, 7) is 11.5. The summed E-state index contributed by atoms with van der Waals surface area (Å²) < 4.78 is 0. The topological polar surface area (TPSA) is 29.3 Å². The average molecular weight is 198 g/mol. The second-order valence-electron chi connectivity index (χ2n) is 5.62. The van der Waals surface area contributed by atoms with E-state index in [2.05, 4.69) is 32.6 Å². The first kappa shape index (κ1) is 12.0. The molecule has 0 aromatic heterocycles. The molecule has 0 amide bonds. The first-order valence-electron chi connectivity index (χ1n) is 5.95. The second-order valence-corrected chi connectivity index (χ2v) is 5.62. The van der Waals surface area contributed by atoms with Gasteiger partial charge in [-0.1, -0.05) is 13.3 Å². The van der Waals surface area contributed by atoms with Gasteiger partial charge in [0, 0.05) is 18.1 Å². The Morgan fingerprint density at radius 3 is 2.50 bits per heavy atom. The summed E-state index contributed by atoms with van der Waals surface area (Å²) >= 11 is 0. The van der Waals surface area contributed by atoms with Gasteiger partial charge in [-0.15, -0.1) is 0 Å². The van der Waals surface area contributed by atoms with Crippen molar-refractivity contribution >= 4 is 0 Å². The van der Waals surface area contributed by atoms with Crippen LogP contribution in [0.4, 0.5) is 0 Å². The Labute approximate surface area is 88.8 Å². The van der Waals surface area contributed by atoms with Crippen molar-refractivity contribution in [3.8, 4) is 0 Å². The summed E-state index contributed by atoms with van der Waals surface area (Å²) in [4.78, 5) is 2.56. The maximum Gasteiger partial charge on any atom is 0.0125 e. The third-order valence-corrected chi connectivity index (χ3v) is 3.40. The fourth-order valence-corrected chi connectivity index (χ4v) is 2.32. The van der Waals surface area contributed by atoms with Gasteiger partial charge in [0.2, 0.25) is 0 Å². The second kappa shape index (κ2) is 4.63. The van der Waals surface area contributed by atoms with Gasteiger partial charge in [-0.25, -0.2) is 0 Å². The smallest absolute Gasteiger partial charge is 0.0125 e. The van der Waals surface area contributed by atoms with Gasteiger partial charge >= 0.3 is 0 Å². The van der Waals surface area contributed by atoms with Crippen molar-refractivity contribution in [1.82, 2.24) is 4.90 Å². The van der Waals surface area contributed by atoms with Crippen LogP contribution in [0.2, 0.25) is 0 Å². The molecule has 1 aliphatic rings. The molecule has 2 N–H and O–H groups in total. The quantitative estimate of drug-likeness (QED) is 0.753. The van der Waals surface area contributed by atoms with E-state index < -0.39 is 0 Å². The third-order valence-electron chi connectivity index (χ3n) is 3.40. The molecule has 0 aromatic rings. The monoisotopic (exact) mass is 198 g/mol. The SMILES string of the molecule is CCC[C@@H](N)[C@@H]1CCN(C(C)(C)C)C1. The number of nitrogens with zero attached hydrogens (tertiary/aromatic N) is 1. The summed E-state index contributed by atoms with van der Waals surface area (Å²) in [7, 11) is 0. The largest absolute Gasteiger partial charge is 0.327 e. The van der Waals surface area contributed by atoms with E-state index in [4.69, 9.17) is 5.73 Å². The average Bonchev–Trinajstić information content (AvgIpc) is 2.51. The Hall–Kier alpha value is -0.0800. The minimum absolute atomic E-state index is 0.320. The van der Waals surface area contributed by atoms with E-state index in [9.17, 15) is 0 Å². The highest BCUT2D eigenvalue weighted by Crippen LogP contribution is 2.26. The molecule has 1 saturated heterocycles. The van der Waals surface area contributed by atoms with Crippen LogP contribution in [0.3, 0.4) is 0 Å². The van der Waals surface area contributed by atoms with Crippen LogP contribution in [0.5, 0.6) is 0 Å². The molecule has 0 aromatic carbocycles. The Bertz CT molecular complexity index is 172. The summed E-state index contributed by atoms with van der Waals surface area (Å²) in [6.07, 6.45) is 3.69. The summed E-state index contributed by atoms with van der Waals surface area (Å²) in [5.74, 6) is 0.731. The van der Waals surface area contributed by atoms with E-state index in [1.165, 1.54) is 32.4 Å². The van der Waals surface area contributed by atoms with Gasteiger partial charge < -0.3 is 5.73 Å². The molecule has 0 saturated carbocycles. The van der Waals surface area contributed by atoms with Crippen LogP contribution in [0, 0.1) is 5.92 Å². The Morgan fingerprint density at radius 1 is 1.43 bits per heavy atom. The van der Waals surface area contributed by atoms with E-state index in [0.29, 0.717) is 11.6 Å². The Balaban J connectivity index is 2.41. The maximum atomic E-state index is 6.17. The minimum Gasteiger partial charge on any atom is -0.327 e. The molecule has 0 aliphatic carbocycles. The zero-order valence-corrected chi connectivity index (χ0v) is 10.2. The number of hydrogen-bond acceptors (Lipinski definition) is 2. The predicted molar refractivity (Wildman–Crippen MR) is 62.3 cm³/mol. The van der Waals surface area contributed by atoms with Gasteiger partial charge in [0.25, 0.3) is 0 Å². The molecular weight excluding hydrogens is 172 g/mol. The molecule has 2 heteroatoms. The number of nitrogens with two attached hydrogens (primary N) is 1. The van der Waals surface area contributed by atoms with Crippen LogP contribution < -0.4 is 5.73 Å². The van der Waals surface area contributed by atoms with Crippen LogP contribution in [0.25, 0.3) is 0 Å². The van der Waals surface area contributed by atoms with Crippen LogP contribution in [-0.4, -0.2) is 29.6 Å². The molecule has 2 atom stereocenters.